The lowest BCUT2D eigenvalue weighted by molar-refractivity contribution is 0.104. The van der Waals surface area contributed by atoms with E-state index in [2.05, 4.69) is 5.32 Å². The summed E-state index contributed by atoms with van der Waals surface area (Å²) in [4.78, 5) is 12.5. The van der Waals surface area contributed by atoms with E-state index in [1.165, 1.54) is 5.56 Å². The van der Waals surface area contributed by atoms with Gasteiger partial charge in [0.1, 0.15) is 0 Å². The molecule has 108 valence electrons. The normalized spacial score (nSPS) is 11.3. The highest BCUT2D eigenvalue weighted by Gasteiger charge is 2.11. The molecular weight excluding hydrogens is 258 g/mol. The number of rotatable bonds is 4. The summed E-state index contributed by atoms with van der Waals surface area (Å²) >= 11 is 0. The number of carbonyl (C=O) groups is 1. The second kappa shape index (κ2) is 6.40. The first kappa shape index (κ1) is 15.0. The molecule has 0 fully saturated rings. The molecule has 0 radical (unpaired) electrons. The molecule has 2 nitrogen and oxygen atoms in total. The van der Waals surface area contributed by atoms with Crippen LogP contribution in [0, 0.1) is 20.8 Å². The Morgan fingerprint density at radius 2 is 1.57 bits per heavy atom. The number of hydrogen-bond acceptors (Lipinski definition) is 2. The molecule has 2 rings (SSSR count). The molecule has 0 unspecified atom stereocenters. The molecule has 0 saturated carbocycles. The first-order valence-corrected chi connectivity index (χ1v) is 7.10. The number of anilines is 1. The Bertz CT molecular complexity index is 661. The number of nitrogens with one attached hydrogen (secondary N) is 1. The summed E-state index contributed by atoms with van der Waals surface area (Å²) in [7, 11) is 0. The Kier molecular flexibility index (Phi) is 4.59. The van der Waals surface area contributed by atoms with Crippen molar-refractivity contribution in [1.29, 1.82) is 0 Å². The summed E-state index contributed by atoms with van der Waals surface area (Å²) in [6, 6.07) is 13.9. The zero-order valence-electron chi connectivity index (χ0n) is 13.0. The second-order valence-electron chi connectivity index (χ2n) is 5.46. The molecule has 0 aliphatic carbocycles. The number of para-hydroxylation sites is 1. The van der Waals surface area contributed by atoms with Gasteiger partial charge < -0.3 is 5.32 Å². The smallest absolute Gasteiger partial charge is 0.188 e. The van der Waals surface area contributed by atoms with Gasteiger partial charge in [-0.05, 0) is 51.0 Å². The average molecular weight is 279 g/mol. The van der Waals surface area contributed by atoms with Crippen LogP contribution in [0.5, 0.6) is 0 Å². The predicted octanol–water partition coefficient (Wildman–Crippen LogP) is 4.81. The monoisotopic (exact) mass is 279 g/mol. The van der Waals surface area contributed by atoms with Crippen LogP contribution in [0.1, 0.15) is 34.0 Å². The molecule has 2 aromatic rings. The highest BCUT2D eigenvalue weighted by atomic mass is 16.1. The lowest BCUT2D eigenvalue weighted by atomic mass is 9.96. The Labute approximate surface area is 126 Å². The van der Waals surface area contributed by atoms with E-state index in [0.717, 1.165) is 28.1 Å². The van der Waals surface area contributed by atoms with Gasteiger partial charge in [-0.15, -0.1) is 0 Å². The average Bonchev–Trinajstić information content (AvgIpc) is 2.38. The molecule has 2 aromatic carbocycles. The fourth-order valence-electron chi connectivity index (χ4n) is 2.62. The fourth-order valence-corrected chi connectivity index (χ4v) is 2.62. The van der Waals surface area contributed by atoms with Crippen LogP contribution in [-0.2, 0) is 0 Å². The van der Waals surface area contributed by atoms with Crippen LogP contribution in [0.25, 0.3) is 0 Å². The summed E-state index contributed by atoms with van der Waals surface area (Å²) in [6.45, 7) is 7.93. The molecule has 0 heterocycles. The maximum atomic E-state index is 12.5. The maximum Gasteiger partial charge on any atom is 0.188 e. The highest BCUT2D eigenvalue weighted by Crippen LogP contribution is 2.18. The summed E-state index contributed by atoms with van der Waals surface area (Å²) in [5.41, 5.74) is 5.86. The van der Waals surface area contributed by atoms with Gasteiger partial charge in [-0.25, -0.2) is 0 Å². The quantitative estimate of drug-likeness (QED) is 0.642. The molecule has 0 bridgehead atoms. The van der Waals surface area contributed by atoms with Crippen molar-refractivity contribution in [2.24, 2.45) is 0 Å². The third-order valence-corrected chi connectivity index (χ3v) is 3.39. The van der Waals surface area contributed by atoms with Gasteiger partial charge in [0.25, 0.3) is 0 Å². The molecule has 21 heavy (non-hydrogen) atoms. The summed E-state index contributed by atoms with van der Waals surface area (Å²) in [5, 5.41) is 3.23. The van der Waals surface area contributed by atoms with Gasteiger partial charge in [0.15, 0.2) is 5.78 Å². The number of aryl methyl sites for hydroxylation is 3. The van der Waals surface area contributed by atoms with Gasteiger partial charge in [-0.2, -0.15) is 0 Å². The second-order valence-corrected chi connectivity index (χ2v) is 5.46. The molecule has 0 atom stereocenters. The van der Waals surface area contributed by atoms with E-state index in [4.69, 9.17) is 0 Å². The molecule has 0 aliphatic heterocycles. The van der Waals surface area contributed by atoms with Crippen molar-refractivity contribution in [1.82, 2.24) is 0 Å². The zero-order valence-corrected chi connectivity index (χ0v) is 13.0. The molecule has 0 aromatic heterocycles. The van der Waals surface area contributed by atoms with E-state index in [-0.39, 0.29) is 5.78 Å². The van der Waals surface area contributed by atoms with E-state index in [1.807, 2.05) is 70.2 Å². The first-order chi connectivity index (χ1) is 9.97. The van der Waals surface area contributed by atoms with Crippen LogP contribution >= 0.6 is 0 Å². The molecule has 2 heteroatoms. The van der Waals surface area contributed by atoms with Crippen molar-refractivity contribution >= 4 is 11.5 Å². The van der Waals surface area contributed by atoms with Crippen LogP contribution in [0.15, 0.2) is 54.2 Å². The minimum absolute atomic E-state index is 0.0472. The lowest BCUT2D eigenvalue weighted by Crippen LogP contribution is -2.05. The Morgan fingerprint density at radius 1 is 1.00 bits per heavy atom. The number of ketones is 1. The van der Waals surface area contributed by atoms with Gasteiger partial charge in [-0.1, -0.05) is 35.9 Å². The van der Waals surface area contributed by atoms with Gasteiger partial charge in [0.2, 0.25) is 0 Å². The van der Waals surface area contributed by atoms with Crippen LogP contribution < -0.4 is 5.32 Å². The Morgan fingerprint density at radius 3 is 2.14 bits per heavy atom. The third-order valence-electron chi connectivity index (χ3n) is 3.39. The molecule has 0 spiro atoms. The van der Waals surface area contributed by atoms with Gasteiger partial charge in [0, 0.05) is 23.0 Å². The minimum atomic E-state index is 0.0472. The summed E-state index contributed by atoms with van der Waals surface area (Å²) in [5.74, 6) is 0.0472. The van der Waals surface area contributed by atoms with Crippen molar-refractivity contribution in [3.05, 3.63) is 76.5 Å². The Balaban J connectivity index is 2.23. The van der Waals surface area contributed by atoms with E-state index >= 15 is 0 Å². The van der Waals surface area contributed by atoms with E-state index < -0.39 is 0 Å². The standard InChI is InChI=1S/C19H21NO/c1-13-10-14(2)19(15(3)11-13)18(21)12-16(4)20-17-8-6-5-7-9-17/h5-12,20H,1-4H3. The van der Waals surface area contributed by atoms with Gasteiger partial charge in [-0.3, -0.25) is 4.79 Å². The SMILES string of the molecule is CC(=CC(=O)c1c(C)cc(C)cc1C)Nc1ccccc1. The fraction of sp³-hybridized carbons (Fsp3) is 0.211. The van der Waals surface area contributed by atoms with E-state index in [0.29, 0.717) is 0 Å². The van der Waals surface area contributed by atoms with Crippen molar-refractivity contribution in [2.45, 2.75) is 27.7 Å². The van der Waals surface area contributed by atoms with E-state index in [9.17, 15) is 4.79 Å². The zero-order chi connectivity index (χ0) is 15.4. The summed E-state index contributed by atoms with van der Waals surface area (Å²) in [6.07, 6.45) is 1.66. The highest BCUT2D eigenvalue weighted by molar-refractivity contribution is 6.07. The van der Waals surface area contributed by atoms with Crippen molar-refractivity contribution in [3.63, 3.8) is 0 Å². The Hall–Kier alpha value is -2.35. The van der Waals surface area contributed by atoms with Crippen molar-refractivity contribution in [2.75, 3.05) is 5.32 Å². The first-order valence-electron chi connectivity index (χ1n) is 7.10. The van der Waals surface area contributed by atoms with Crippen LogP contribution in [0.2, 0.25) is 0 Å². The molecular formula is C19H21NO. The van der Waals surface area contributed by atoms with Crippen LogP contribution in [0.4, 0.5) is 5.69 Å². The molecule has 0 amide bonds. The largest absolute Gasteiger partial charge is 0.359 e. The number of benzene rings is 2. The van der Waals surface area contributed by atoms with Crippen molar-refractivity contribution < 1.29 is 4.79 Å². The summed E-state index contributed by atoms with van der Waals surface area (Å²) < 4.78 is 0. The van der Waals surface area contributed by atoms with Crippen molar-refractivity contribution in [3.8, 4) is 0 Å². The number of carbonyl (C=O) groups excluding carboxylic acids is 1. The third kappa shape index (κ3) is 3.82. The number of hydrogen-bond donors (Lipinski definition) is 1. The molecule has 1 N–H and O–H groups in total. The van der Waals surface area contributed by atoms with Crippen LogP contribution in [-0.4, -0.2) is 5.78 Å². The van der Waals surface area contributed by atoms with E-state index in [1.54, 1.807) is 6.08 Å². The lowest BCUT2D eigenvalue weighted by Gasteiger charge is -2.10. The van der Waals surface area contributed by atoms with Crippen LogP contribution in [0.3, 0.4) is 0 Å². The maximum absolute atomic E-state index is 12.5. The topological polar surface area (TPSA) is 29.1 Å². The van der Waals surface area contributed by atoms with Gasteiger partial charge >= 0.3 is 0 Å². The molecule has 0 aliphatic rings. The number of allylic oxidation sites excluding steroid dienone is 2. The molecule has 0 saturated heterocycles. The predicted molar refractivity (Wildman–Crippen MR) is 88.8 cm³/mol. The van der Waals surface area contributed by atoms with Gasteiger partial charge in [0.05, 0.1) is 0 Å². The minimum Gasteiger partial charge on any atom is -0.359 e.